The van der Waals surface area contributed by atoms with Crippen molar-refractivity contribution in [3.63, 3.8) is 0 Å². The Morgan fingerprint density at radius 2 is 2.04 bits per heavy atom. The van der Waals surface area contributed by atoms with E-state index in [0.29, 0.717) is 25.5 Å². The van der Waals surface area contributed by atoms with E-state index in [1.165, 1.54) is 10.5 Å². The molecule has 0 spiro atoms. The van der Waals surface area contributed by atoms with E-state index in [2.05, 4.69) is 10.3 Å². The summed E-state index contributed by atoms with van der Waals surface area (Å²) < 4.78 is 37.4. The summed E-state index contributed by atoms with van der Waals surface area (Å²) in [6.45, 7) is 3.44. The molecule has 7 nitrogen and oxygen atoms in total. The van der Waals surface area contributed by atoms with Crippen LogP contribution in [-0.2, 0) is 14.8 Å². The highest BCUT2D eigenvalue weighted by atomic mass is 32.2. The highest BCUT2D eigenvalue weighted by Gasteiger charge is 2.27. The minimum atomic E-state index is -3.44. The Balaban J connectivity index is 1.75. The second-order valence-electron chi connectivity index (χ2n) is 6.09. The predicted molar refractivity (Wildman–Crippen MR) is 93.9 cm³/mol. The first-order chi connectivity index (χ1) is 12.0. The summed E-state index contributed by atoms with van der Waals surface area (Å²) in [4.78, 5) is 4.48. The summed E-state index contributed by atoms with van der Waals surface area (Å²) >= 11 is 0. The van der Waals surface area contributed by atoms with Gasteiger partial charge in [-0.3, -0.25) is 0 Å². The SMILES string of the molecule is COCC(Nc1ccc(S(=O)(=O)N2CCCC2)cn1)c1ccc(C)o1. The normalized spacial score (nSPS) is 16.9. The zero-order valence-corrected chi connectivity index (χ0v) is 15.3. The molecule has 0 amide bonds. The lowest BCUT2D eigenvalue weighted by Crippen LogP contribution is -2.28. The zero-order chi connectivity index (χ0) is 17.9. The number of hydrogen-bond acceptors (Lipinski definition) is 6. The third-order valence-corrected chi connectivity index (χ3v) is 6.08. The van der Waals surface area contributed by atoms with E-state index in [-0.39, 0.29) is 10.9 Å². The number of sulfonamides is 1. The number of aromatic nitrogens is 1. The van der Waals surface area contributed by atoms with Gasteiger partial charge in [-0.15, -0.1) is 0 Å². The minimum Gasteiger partial charge on any atom is -0.464 e. The predicted octanol–water partition coefficient (Wildman–Crippen LogP) is 2.57. The first-order valence-electron chi connectivity index (χ1n) is 8.29. The van der Waals surface area contributed by atoms with Gasteiger partial charge < -0.3 is 14.5 Å². The summed E-state index contributed by atoms with van der Waals surface area (Å²) in [5.41, 5.74) is 0. The molecule has 1 fully saturated rings. The summed E-state index contributed by atoms with van der Waals surface area (Å²) in [5.74, 6) is 2.13. The first kappa shape index (κ1) is 17.9. The van der Waals surface area contributed by atoms with Crippen molar-refractivity contribution in [2.45, 2.75) is 30.7 Å². The van der Waals surface area contributed by atoms with E-state index in [9.17, 15) is 8.42 Å². The van der Waals surface area contributed by atoms with Gasteiger partial charge >= 0.3 is 0 Å². The standard InChI is InChI=1S/C17H23N3O4S/c1-13-5-7-16(24-13)15(12-23-2)19-17-8-6-14(11-18-17)25(21,22)20-9-3-4-10-20/h5-8,11,15H,3-4,9-10,12H2,1-2H3,(H,18,19). The molecule has 1 aliphatic rings. The van der Waals surface area contributed by atoms with Gasteiger partial charge in [0.05, 0.1) is 6.61 Å². The van der Waals surface area contributed by atoms with Crippen LogP contribution < -0.4 is 5.32 Å². The largest absolute Gasteiger partial charge is 0.464 e. The number of pyridine rings is 1. The first-order valence-corrected chi connectivity index (χ1v) is 9.73. The number of methoxy groups -OCH3 is 1. The molecular weight excluding hydrogens is 342 g/mol. The Kier molecular flexibility index (Phi) is 5.41. The zero-order valence-electron chi connectivity index (χ0n) is 14.4. The molecule has 3 rings (SSSR count). The van der Waals surface area contributed by atoms with E-state index >= 15 is 0 Å². The molecule has 1 N–H and O–H groups in total. The monoisotopic (exact) mass is 365 g/mol. The third kappa shape index (κ3) is 4.02. The van der Waals surface area contributed by atoms with Crippen LogP contribution in [0.3, 0.4) is 0 Å². The highest BCUT2D eigenvalue weighted by Crippen LogP contribution is 2.24. The van der Waals surface area contributed by atoms with Crippen molar-refractivity contribution in [2.24, 2.45) is 0 Å². The van der Waals surface area contributed by atoms with Crippen LogP contribution in [0.25, 0.3) is 0 Å². The summed E-state index contributed by atoms with van der Waals surface area (Å²) in [5, 5.41) is 3.22. The van der Waals surface area contributed by atoms with Crippen molar-refractivity contribution in [1.82, 2.24) is 9.29 Å². The van der Waals surface area contributed by atoms with Crippen molar-refractivity contribution in [2.75, 3.05) is 32.1 Å². The molecule has 2 aromatic rings. The number of rotatable bonds is 7. The Bertz CT molecular complexity index is 796. The highest BCUT2D eigenvalue weighted by molar-refractivity contribution is 7.89. The molecule has 1 saturated heterocycles. The van der Waals surface area contributed by atoms with E-state index in [1.807, 2.05) is 19.1 Å². The molecule has 1 aliphatic heterocycles. The van der Waals surface area contributed by atoms with Gasteiger partial charge in [0, 0.05) is 26.4 Å². The Hall–Kier alpha value is -1.90. The second-order valence-corrected chi connectivity index (χ2v) is 8.03. The van der Waals surface area contributed by atoms with Crippen LogP contribution >= 0.6 is 0 Å². The van der Waals surface area contributed by atoms with Crippen molar-refractivity contribution >= 4 is 15.8 Å². The molecule has 3 heterocycles. The van der Waals surface area contributed by atoms with Crippen LogP contribution in [0.5, 0.6) is 0 Å². The lowest BCUT2D eigenvalue weighted by Gasteiger charge is -2.18. The lowest BCUT2D eigenvalue weighted by atomic mass is 10.2. The van der Waals surface area contributed by atoms with Crippen molar-refractivity contribution in [1.29, 1.82) is 0 Å². The number of nitrogens with zero attached hydrogens (tertiary/aromatic N) is 2. The molecule has 0 aliphatic carbocycles. The van der Waals surface area contributed by atoms with Crippen molar-refractivity contribution < 1.29 is 17.6 Å². The van der Waals surface area contributed by atoms with E-state index in [1.54, 1.807) is 19.2 Å². The molecule has 0 aromatic carbocycles. The topological polar surface area (TPSA) is 84.7 Å². The smallest absolute Gasteiger partial charge is 0.244 e. The summed E-state index contributed by atoms with van der Waals surface area (Å²) in [7, 11) is -1.83. The molecule has 2 aromatic heterocycles. The third-order valence-electron chi connectivity index (χ3n) is 4.20. The maximum Gasteiger partial charge on any atom is 0.244 e. The fourth-order valence-electron chi connectivity index (χ4n) is 2.88. The van der Waals surface area contributed by atoms with Gasteiger partial charge in [-0.2, -0.15) is 4.31 Å². The summed E-state index contributed by atoms with van der Waals surface area (Å²) in [6.07, 6.45) is 3.22. The van der Waals surface area contributed by atoms with E-state index in [0.717, 1.165) is 24.4 Å². The van der Waals surface area contributed by atoms with Crippen LogP contribution in [0, 0.1) is 6.92 Å². The molecule has 25 heavy (non-hydrogen) atoms. The van der Waals surface area contributed by atoms with Crippen molar-refractivity contribution in [3.8, 4) is 0 Å². The van der Waals surface area contributed by atoms with Gasteiger partial charge in [-0.1, -0.05) is 0 Å². The van der Waals surface area contributed by atoms with Crippen LogP contribution in [0.2, 0.25) is 0 Å². The van der Waals surface area contributed by atoms with Gasteiger partial charge in [0.15, 0.2) is 0 Å². The minimum absolute atomic E-state index is 0.202. The molecule has 1 atom stereocenters. The van der Waals surface area contributed by atoms with Crippen LogP contribution in [-0.4, -0.2) is 44.5 Å². The Labute approximate surface area is 148 Å². The quantitative estimate of drug-likeness (QED) is 0.812. The second kappa shape index (κ2) is 7.55. The van der Waals surface area contributed by atoms with Crippen LogP contribution in [0.4, 0.5) is 5.82 Å². The molecule has 1 unspecified atom stereocenters. The van der Waals surface area contributed by atoms with Gasteiger partial charge in [0.25, 0.3) is 0 Å². The van der Waals surface area contributed by atoms with E-state index < -0.39 is 10.0 Å². The number of furan rings is 1. The van der Waals surface area contributed by atoms with Crippen LogP contribution in [0.1, 0.15) is 30.4 Å². The molecule has 0 saturated carbocycles. The molecule has 8 heteroatoms. The molecule has 0 bridgehead atoms. The maximum atomic E-state index is 12.5. The fraction of sp³-hybridized carbons (Fsp3) is 0.471. The number of ether oxygens (including phenoxy) is 1. The fourth-order valence-corrected chi connectivity index (χ4v) is 4.34. The molecule has 0 radical (unpaired) electrons. The van der Waals surface area contributed by atoms with Gasteiger partial charge in [-0.25, -0.2) is 13.4 Å². The number of hydrogen-bond donors (Lipinski definition) is 1. The average Bonchev–Trinajstić information content (AvgIpc) is 3.27. The van der Waals surface area contributed by atoms with Gasteiger partial charge in [-0.05, 0) is 44.0 Å². The maximum absolute atomic E-state index is 12.5. The summed E-state index contributed by atoms with van der Waals surface area (Å²) in [6, 6.07) is 6.82. The number of anilines is 1. The van der Waals surface area contributed by atoms with Gasteiger partial charge in [0.1, 0.15) is 28.3 Å². The van der Waals surface area contributed by atoms with E-state index in [4.69, 9.17) is 9.15 Å². The molecular formula is C17H23N3O4S. The lowest BCUT2D eigenvalue weighted by molar-refractivity contribution is 0.178. The number of nitrogens with one attached hydrogen (secondary N) is 1. The van der Waals surface area contributed by atoms with Crippen molar-refractivity contribution in [3.05, 3.63) is 42.0 Å². The molecule has 136 valence electrons. The Morgan fingerprint density at radius 1 is 1.28 bits per heavy atom. The van der Waals surface area contributed by atoms with Gasteiger partial charge in [0.2, 0.25) is 10.0 Å². The number of aryl methyl sites for hydroxylation is 1. The Morgan fingerprint density at radius 3 is 2.60 bits per heavy atom. The average molecular weight is 365 g/mol. The van der Waals surface area contributed by atoms with Crippen LogP contribution in [0.15, 0.2) is 39.8 Å².